The highest BCUT2D eigenvalue weighted by atomic mass is 16.3. The minimum atomic E-state index is -0.828. The fraction of sp³-hybridized carbons (Fsp3) is 0.533. The fourth-order valence-corrected chi connectivity index (χ4v) is 3.02. The maximum Gasteiger partial charge on any atom is 0.140 e. The first-order chi connectivity index (χ1) is 8.13. The molecule has 0 amide bonds. The molecule has 1 aromatic rings. The zero-order chi connectivity index (χ0) is 12.3. The first-order valence-electron chi connectivity index (χ1n) is 6.41. The second-order valence-corrected chi connectivity index (χ2v) is 5.12. The van der Waals surface area contributed by atoms with Crippen LogP contribution in [0.2, 0.25) is 0 Å². The number of carbonyl (C=O) groups is 1. The lowest BCUT2D eigenvalue weighted by atomic mass is 9.71. The molecule has 0 saturated heterocycles. The molecule has 1 saturated carbocycles. The lowest BCUT2D eigenvalue weighted by Crippen LogP contribution is -2.41. The van der Waals surface area contributed by atoms with E-state index in [9.17, 15) is 9.90 Å². The Balaban J connectivity index is 0.00000162. The third-order valence-electron chi connectivity index (χ3n) is 3.80. The van der Waals surface area contributed by atoms with Gasteiger partial charge in [0.2, 0.25) is 0 Å². The zero-order valence-electron chi connectivity index (χ0n) is 10.4. The van der Waals surface area contributed by atoms with Crippen LogP contribution in [0.15, 0.2) is 30.3 Å². The number of benzene rings is 1. The average Bonchev–Trinajstić information content (AvgIpc) is 2.30. The summed E-state index contributed by atoms with van der Waals surface area (Å²) in [4.78, 5) is 11.9. The van der Waals surface area contributed by atoms with Crippen molar-refractivity contribution >= 4 is 5.78 Å². The van der Waals surface area contributed by atoms with E-state index in [0.29, 0.717) is 0 Å². The first kappa shape index (κ1) is 12.3. The van der Waals surface area contributed by atoms with Crippen LogP contribution in [-0.2, 0) is 4.79 Å². The van der Waals surface area contributed by atoms with Gasteiger partial charge in [-0.2, -0.15) is 0 Å². The van der Waals surface area contributed by atoms with Crippen LogP contribution in [-0.4, -0.2) is 16.5 Å². The molecule has 2 nitrogen and oxygen atoms in total. The number of Topliss-reactive ketones (excluding diaryl/α,β-unsaturated/α-hetero) is 1. The molecule has 2 heteroatoms. The number of hydrogen-bond donors (Lipinski definition) is 1. The molecule has 94 valence electrons. The lowest BCUT2D eigenvalue weighted by molar-refractivity contribution is -0.126. The summed E-state index contributed by atoms with van der Waals surface area (Å²) in [6, 6.07) is 9.68. The van der Waals surface area contributed by atoms with Crippen molar-refractivity contribution in [3.63, 3.8) is 0 Å². The van der Waals surface area contributed by atoms with E-state index in [1.54, 1.807) is 6.92 Å². The van der Waals surface area contributed by atoms with Gasteiger partial charge in [0, 0.05) is 1.43 Å². The van der Waals surface area contributed by atoms with Gasteiger partial charge in [-0.1, -0.05) is 49.6 Å². The van der Waals surface area contributed by atoms with Crippen LogP contribution in [0.25, 0.3) is 0 Å². The van der Waals surface area contributed by atoms with E-state index in [-0.39, 0.29) is 13.1 Å². The van der Waals surface area contributed by atoms with Crippen LogP contribution in [0.4, 0.5) is 0 Å². The molecule has 1 fully saturated rings. The second-order valence-electron chi connectivity index (χ2n) is 5.12. The summed E-state index contributed by atoms with van der Waals surface area (Å²) in [5, 5.41) is 10.7. The highest BCUT2D eigenvalue weighted by molar-refractivity contribution is 5.84. The summed E-state index contributed by atoms with van der Waals surface area (Å²) >= 11 is 0. The maximum atomic E-state index is 11.9. The molecule has 0 aliphatic heterocycles. The van der Waals surface area contributed by atoms with Crippen LogP contribution in [0, 0.1) is 0 Å². The Morgan fingerprint density at radius 3 is 2.35 bits per heavy atom. The van der Waals surface area contributed by atoms with Crippen LogP contribution in [0.1, 0.15) is 51.9 Å². The first-order valence-corrected chi connectivity index (χ1v) is 6.41. The Hall–Kier alpha value is -1.15. The normalized spacial score (nSPS) is 20.8. The molecule has 1 unspecified atom stereocenters. The Bertz CT molecular complexity index is 383. The average molecular weight is 234 g/mol. The van der Waals surface area contributed by atoms with Gasteiger partial charge >= 0.3 is 0 Å². The highest BCUT2D eigenvalue weighted by Gasteiger charge is 2.41. The van der Waals surface area contributed by atoms with Crippen molar-refractivity contribution in [2.45, 2.75) is 50.5 Å². The molecule has 1 N–H and O–H groups in total. The third-order valence-corrected chi connectivity index (χ3v) is 3.80. The van der Waals surface area contributed by atoms with E-state index in [1.807, 2.05) is 30.3 Å². The number of hydrogen-bond acceptors (Lipinski definition) is 2. The van der Waals surface area contributed by atoms with Crippen molar-refractivity contribution in [2.75, 3.05) is 0 Å². The molecular weight excluding hydrogens is 212 g/mol. The molecule has 2 rings (SSSR count). The van der Waals surface area contributed by atoms with Gasteiger partial charge in [-0.15, -0.1) is 0 Å². The summed E-state index contributed by atoms with van der Waals surface area (Å²) < 4.78 is 0. The van der Waals surface area contributed by atoms with Gasteiger partial charge in [-0.25, -0.2) is 0 Å². The quantitative estimate of drug-likeness (QED) is 0.871. The van der Waals surface area contributed by atoms with E-state index in [1.165, 1.54) is 6.42 Å². The van der Waals surface area contributed by atoms with E-state index in [2.05, 4.69) is 0 Å². The summed E-state index contributed by atoms with van der Waals surface area (Å²) in [5.41, 5.74) is 0.121. The van der Waals surface area contributed by atoms with Gasteiger partial charge in [0.15, 0.2) is 0 Å². The largest absolute Gasteiger partial charge is 0.389 e. The third kappa shape index (κ3) is 2.58. The van der Waals surface area contributed by atoms with Crippen LogP contribution in [0.5, 0.6) is 0 Å². The zero-order valence-corrected chi connectivity index (χ0v) is 10.4. The molecule has 0 heterocycles. The molecule has 17 heavy (non-hydrogen) atoms. The predicted octanol–water partition coefficient (Wildman–Crippen LogP) is 3.30. The van der Waals surface area contributed by atoms with E-state index >= 15 is 0 Å². The Kier molecular flexibility index (Phi) is 3.63. The minimum absolute atomic E-state index is 0. The monoisotopic (exact) mass is 234 g/mol. The van der Waals surface area contributed by atoms with Crippen molar-refractivity contribution in [1.82, 2.24) is 0 Å². The van der Waals surface area contributed by atoms with Crippen LogP contribution < -0.4 is 0 Å². The molecule has 0 bridgehead atoms. The maximum absolute atomic E-state index is 11.9. The minimum Gasteiger partial charge on any atom is -0.389 e. The fourth-order valence-electron chi connectivity index (χ4n) is 3.02. The molecule has 0 aromatic heterocycles. The van der Waals surface area contributed by atoms with Gasteiger partial charge in [0.25, 0.3) is 0 Å². The Morgan fingerprint density at radius 1 is 1.24 bits per heavy atom. The standard InChI is InChI=1S/C15H20O2.H2/c1-12(16)14(13-8-4-2-5-9-13)15(17)10-6-3-7-11-15;/h2,4-5,8-9,14,17H,3,6-7,10-11H2,1H3;1H. The number of aliphatic hydroxyl groups is 1. The van der Waals surface area contributed by atoms with Crippen molar-refractivity contribution in [3.05, 3.63) is 35.9 Å². The highest BCUT2D eigenvalue weighted by Crippen LogP contribution is 2.40. The number of rotatable bonds is 3. The molecule has 0 radical (unpaired) electrons. The Labute approximate surface area is 104 Å². The molecule has 1 aliphatic carbocycles. The van der Waals surface area contributed by atoms with Crippen LogP contribution >= 0.6 is 0 Å². The SMILES string of the molecule is CC(=O)C(c1ccccc1)C1(O)CCCCC1.[HH]. The molecule has 0 spiro atoms. The molecule has 1 aromatic carbocycles. The van der Waals surface area contributed by atoms with E-state index in [0.717, 1.165) is 31.2 Å². The van der Waals surface area contributed by atoms with Crippen molar-refractivity contribution in [3.8, 4) is 0 Å². The summed E-state index contributed by atoms with van der Waals surface area (Å²) in [6.07, 6.45) is 4.69. The molecular formula is C15H22O2. The van der Waals surface area contributed by atoms with Crippen molar-refractivity contribution in [1.29, 1.82) is 0 Å². The van der Waals surface area contributed by atoms with Gasteiger partial charge in [0.1, 0.15) is 5.78 Å². The molecule has 1 atom stereocenters. The van der Waals surface area contributed by atoms with Crippen molar-refractivity contribution < 1.29 is 11.3 Å². The van der Waals surface area contributed by atoms with E-state index in [4.69, 9.17) is 0 Å². The van der Waals surface area contributed by atoms with Gasteiger partial charge in [-0.05, 0) is 25.3 Å². The van der Waals surface area contributed by atoms with Gasteiger partial charge < -0.3 is 5.11 Å². The number of ketones is 1. The van der Waals surface area contributed by atoms with Gasteiger partial charge in [-0.3, -0.25) is 4.79 Å². The topological polar surface area (TPSA) is 37.3 Å². The summed E-state index contributed by atoms with van der Waals surface area (Å²) in [5.74, 6) is -0.287. The smallest absolute Gasteiger partial charge is 0.140 e. The predicted molar refractivity (Wildman–Crippen MR) is 70.0 cm³/mol. The summed E-state index contributed by atoms with van der Waals surface area (Å²) in [6.45, 7) is 1.59. The van der Waals surface area contributed by atoms with Crippen molar-refractivity contribution in [2.24, 2.45) is 0 Å². The lowest BCUT2D eigenvalue weighted by Gasteiger charge is -2.38. The van der Waals surface area contributed by atoms with Crippen LogP contribution in [0.3, 0.4) is 0 Å². The molecule has 1 aliphatic rings. The Morgan fingerprint density at radius 2 is 1.82 bits per heavy atom. The van der Waals surface area contributed by atoms with Gasteiger partial charge in [0.05, 0.1) is 11.5 Å². The second kappa shape index (κ2) is 5.01. The number of carbonyl (C=O) groups excluding carboxylic acids is 1. The summed E-state index contributed by atoms with van der Waals surface area (Å²) in [7, 11) is 0. The van der Waals surface area contributed by atoms with E-state index < -0.39 is 5.60 Å².